The van der Waals surface area contributed by atoms with Crippen molar-refractivity contribution in [3.63, 3.8) is 0 Å². The second-order valence-corrected chi connectivity index (χ2v) is 3.94. The molecule has 12 heavy (non-hydrogen) atoms. The highest BCUT2D eigenvalue weighted by Gasteiger charge is 2.49. The zero-order valence-electron chi connectivity index (χ0n) is 7.99. The van der Waals surface area contributed by atoms with Crippen molar-refractivity contribution in [3.05, 3.63) is 0 Å². The molecule has 0 aliphatic heterocycles. The molecule has 1 aliphatic carbocycles. The van der Waals surface area contributed by atoms with Crippen molar-refractivity contribution >= 4 is 11.7 Å². The van der Waals surface area contributed by atoms with E-state index in [0.717, 1.165) is 12.8 Å². The highest BCUT2D eigenvalue weighted by atomic mass is 15.0. The first-order chi connectivity index (χ1) is 5.49. The summed E-state index contributed by atoms with van der Waals surface area (Å²) < 4.78 is 0. The van der Waals surface area contributed by atoms with E-state index in [1.165, 1.54) is 0 Å². The second kappa shape index (κ2) is 2.88. The van der Waals surface area contributed by atoms with Crippen molar-refractivity contribution in [2.75, 3.05) is 0 Å². The molecule has 0 amide bonds. The summed E-state index contributed by atoms with van der Waals surface area (Å²) in [6.45, 7) is 5.95. The van der Waals surface area contributed by atoms with Crippen molar-refractivity contribution in [2.24, 2.45) is 11.3 Å². The van der Waals surface area contributed by atoms with E-state index in [-0.39, 0.29) is 5.41 Å². The van der Waals surface area contributed by atoms with Crippen molar-refractivity contribution in [3.8, 4) is 0 Å². The lowest BCUT2D eigenvalue weighted by molar-refractivity contribution is 0.469. The summed E-state index contributed by atoms with van der Waals surface area (Å²) in [4.78, 5) is 0. The Kier molecular flexibility index (Phi) is 2.22. The van der Waals surface area contributed by atoms with Crippen LogP contribution in [0.3, 0.4) is 0 Å². The molecule has 1 fully saturated rings. The quantitative estimate of drug-likeness (QED) is 0.427. The first kappa shape index (κ1) is 9.23. The van der Waals surface area contributed by atoms with Gasteiger partial charge in [0.25, 0.3) is 0 Å². The van der Waals surface area contributed by atoms with Crippen molar-refractivity contribution in [2.45, 2.75) is 33.6 Å². The molecule has 1 saturated carbocycles. The van der Waals surface area contributed by atoms with Crippen LogP contribution < -0.4 is 5.32 Å². The molecule has 0 heterocycles. The van der Waals surface area contributed by atoms with Crippen LogP contribution in [0.2, 0.25) is 0 Å². The van der Waals surface area contributed by atoms with Gasteiger partial charge in [0.05, 0.1) is 5.84 Å². The Bertz CT molecular complexity index is 214. The maximum atomic E-state index is 7.76. The molecule has 0 spiro atoms. The Morgan fingerprint density at radius 1 is 1.33 bits per heavy atom. The van der Waals surface area contributed by atoms with Gasteiger partial charge in [-0.3, -0.25) is 10.8 Å². The molecule has 3 heteroatoms. The van der Waals surface area contributed by atoms with Gasteiger partial charge >= 0.3 is 0 Å². The summed E-state index contributed by atoms with van der Waals surface area (Å²) in [7, 11) is 0. The largest absolute Gasteiger partial charge is 0.333 e. The van der Waals surface area contributed by atoms with Crippen LogP contribution in [-0.2, 0) is 0 Å². The number of rotatable bonds is 2. The molecule has 0 radical (unpaired) electrons. The number of nitrogens with one attached hydrogen (secondary N) is 3. The van der Waals surface area contributed by atoms with Gasteiger partial charge in [0, 0.05) is 5.41 Å². The second-order valence-electron chi connectivity index (χ2n) is 3.94. The average Bonchev–Trinajstić information content (AvgIpc) is 2.63. The molecule has 0 aromatic heterocycles. The van der Waals surface area contributed by atoms with Crippen LogP contribution in [0.25, 0.3) is 0 Å². The summed E-state index contributed by atoms with van der Waals surface area (Å²) in [6, 6.07) is 0. The molecule has 0 unspecified atom stereocenters. The van der Waals surface area contributed by atoms with Gasteiger partial charge in [0.2, 0.25) is 0 Å². The van der Waals surface area contributed by atoms with Crippen LogP contribution in [0.5, 0.6) is 0 Å². The van der Waals surface area contributed by atoms with Crippen LogP contribution in [0.1, 0.15) is 33.6 Å². The third-order valence-electron chi connectivity index (χ3n) is 2.70. The van der Waals surface area contributed by atoms with Crippen LogP contribution in [-0.4, -0.2) is 11.7 Å². The monoisotopic (exact) mass is 167 g/mol. The van der Waals surface area contributed by atoms with Gasteiger partial charge in [-0.15, -0.1) is 0 Å². The first-order valence-corrected chi connectivity index (χ1v) is 4.40. The summed E-state index contributed by atoms with van der Waals surface area (Å²) in [5, 5.41) is 17.8. The van der Waals surface area contributed by atoms with E-state index in [4.69, 9.17) is 10.8 Å². The Morgan fingerprint density at radius 2 is 1.83 bits per heavy atom. The van der Waals surface area contributed by atoms with E-state index in [1.54, 1.807) is 6.92 Å². The van der Waals surface area contributed by atoms with Crippen LogP contribution in [0, 0.1) is 22.2 Å². The maximum absolute atomic E-state index is 7.76. The fraction of sp³-hybridized carbons (Fsp3) is 0.778. The highest BCUT2D eigenvalue weighted by molar-refractivity contribution is 6.01. The lowest BCUT2D eigenvalue weighted by Gasteiger charge is -2.21. The normalized spacial score (nSPS) is 19.0. The van der Waals surface area contributed by atoms with E-state index in [1.807, 2.05) is 0 Å². The molecule has 0 bridgehead atoms. The fourth-order valence-corrected chi connectivity index (χ4v) is 1.56. The maximum Gasteiger partial charge on any atom is 0.105 e. The minimum atomic E-state index is 0.0717. The molecule has 3 nitrogen and oxygen atoms in total. The molecule has 0 atom stereocenters. The molecule has 68 valence electrons. The number of hydrogen-bond acceptors (Lipinski definition) is 2. The van der Waals surface area contributed by atoms with Crippen molar-refractivity contribution in [1.82, 2.24) is 5.32 Å². The van der Waals surface area contributed by atoms with Gasteiger partial charge in [-0.05, 0) is 25.7 Å². The third-order valence-corrected chi connectivity index (χ3v) is 2.70. The molecule has 0 aromatic carbocycles. The molecule has 0 saturated heterocycles. The van der Waals surface area contributed by atoms with E-state index in [9.17, 15) is 0 Å². The SMILES string of the molecule is CC(=N)NC(=N)C1(C(C)C)CC1. The molecule has 1 aliphatic rings. The fourth-order valence-electron chi connectivity index (χ4n) is 1.56. The van der Waals surface area contributed by atoms with Gasteiger partial charge in [-0.1, -0.05) is 13.8 Å². The Labute approximate surface area is 73.6 Å². The molecular weight excluding hydrogens is 150 g/mol. The summed E-state index contributed by atoms with van der Waals surface area (Å²) in [5.74, 6) is 1.41. The molecule has 1 rings (SSSR count). The predicted octanol–water partition coefficient (Wildman–Crippen LogP) is 1.99. The standard InChI is InChI=1S/C9H17N3/c1-6(2)9(4-5-9)8(11)12-7(3)10/h6H,4-5H2,1-3H3,(H3,10,11,12). The molecule has 3 N–H and O–H groups in total. The summed E-state index contributed by atoms with van der Waals surface area (Å²) in [5.41, 5.74) is 0.0717. The summed E-state index contributed by atoms with van der Waals surface area (Å²) >= 11 is 0. The van der Waals surface area contributed by atoms with E-state index in [0.29, 0.717) is 17.6 Å². The number of amidine groups is 2. The van der Waals surface area contributed by atoms with Gasteiger partial charge < -0.3 is 5.32 Å². The first-order valence-electron chi connectivity index (χ1n) is 4.40. The highest BCUT2D eigenvalue weighted by Crippen LogP contribution is 2.52. The lowest BCUT2D eigenvalue weighted by atomic mass is 9.91. The zero-order chi connectivity index (χ0) is 9.35. The average molecular weight is 167 g/mol. The van der Waals surface area contributed by atoms with E-state index < -0.39 is 0 Å². The predicted molar refractivity (Wildman–Crippen MR) is 50.8 cm³/mol. The molecule has 0 aromatic rings. The van der Waals surface area contributed by atoms with Gasteiger partial charge in [-0.25, -0.2) is 0 Å². The van der Waals surface area contributed by atoms with E-state index in [2.05, 4.69) is 19.2 Å². The Hall–Kier alpha value is -0.860. The van der Waals surface area contributed by atoms with E-state index >= 15 is 0 Å². The van der Waals surface area contributed by atoms with Gasteiger partial charge in [0.15, 0.2) is 0 Å². The van der Waals surface area contributed by atoms with Crippen LogP contribution in [0.15, 0.2) is 0 Å². The van der Waals surface area contributed by atoms with Crippen molar-refractivity contribution in [1.29, 1.82) is 10.8 Å². The Balaban J connectivity index is 2.58. The smallest absolute Gasteiger partial charge is 0.105 e. The number of hydrogen-bond donors (Lipinski definition) is 3. The molecular formula is C9H17N3. The minimum Gasteiger partial charge on any atom is -0.333 e. The zero-order valence-corrected chi connectivity index (χ0v) is 7.99. The Morgan fingerprint density at radius 3 is 2.08 bits per heavy atom. The van der Waals surface area contributed by atoms with Gasteiger partial charge in [0.1, 0.15) is 5.84 Å². The third kappa shape index (κ3) is 1.49. The van der Waals surface area contributed by atoms with Gasteiger partial charge in [-0.2, -0.15) is 0 Å². The van der Waals surface area contributed by atoms with Crippen LogP contribution in [0.4, 0.5) is 0 Å². The van der Waals surface area contributed by atoms with Crippen LogP contribution >= 0.6 is 0 Å². The lowest BCUT2D eigenvalue weighted by Crippen LogP contribution is -2.36. The minimum absolute atomic E-state index is 0.0717. The summed E-state index contributed by atoms with van der Waals surface area (Å²) in [6.07, 6.45) is 2.20. The topological polar surface area (TPSA) is 59.7 Å². The van der Waals surface area contributed by atoms with Crippen molar-refractivity contribution < 1.29 is 0 Å².